The molecule has 0 N–H and O–H groups in total. The smallest absolute Gasteiger partial charge is 0.309 e. The van der Waals surface area contributed by atoms with Crippen LogP contribution in [0.1, 0.15) is 26.3 Å². The monoisotopic (exact) mass is 274 g/mol. The molecule has 0 spiro atoms. The first-order chi connectivity index (χ1) is 9.50. The van der Waals surface area contributed by atoms with Gasteiger partial charge in [0.05, 0.1) is 19.6 Å². The predicted molar refractivity (Wildman–Crippen MR) is 79.4 cm³/mol. The summed E-state index contributed by atoms with van der Waals surface area (Å²) in [5, 5.41) is 0. The quantitative estimate of drug-likeness (QED) is 0.770. The highest BCUT2D eigenvalue weighted by molar-refractivity contribution is 5.78. The molecule has 0 radical (unpaired) electrons. The van der Waals surface area contributed by atoms with Crippen LogP contribution in [-0.4, -0.2) is 19.7 Å². The van der Waals surface area contributed by atoms with E-state index in [1.54, 1.807) is 0 Å². The number of carbonyl (C=O) groups excluding carboxylic acids is 1. The molecule has 1 aromatic carbocycles. The number of methoxy groups -OCH3 is 1. The molecule has 20 heavy (non-hydrogen) atoms. The summed E-state index contributed by atoms with van der Waals surface area (Å²) in [6.45, 7) is 6.84. The Labute approximate surface area is 120 Å². The van der Waals surface area contributed by atoms with Gasteiger partial charge < -0.3 is 9.47 Å². The van der Waals surface area contributed by atoms with Gasteiger partial charge in [0.2, 0.25) is 0 Å². The minimum Gasteiger partial charge on any atom is -0.494 e. The number of hydrogen-bond donors (Lipinski definition) is 0. The summed E-state index contributed by atoms with van der Waals surface area (Å²) in [6.07, 6.45) is 4.17. The first-order valence-electron chi connectivity index (χ1n) is 6.99. The summed E-state index contributed by atoms with van der Waals surface area (Å²) in [7, 11) is 1.45. The normalized spacial score (nSPS) is 23.6. The van der Waals surface area contributed by atoms with Crippen LogP contribution in [0, 0.1) is 17.3 Å². The number of carbonyl (C=O) groups is 1. The first-order valence-corrected chi connectivity index (χ1v) is 6.99. The van der Waals surface area contributed by atoms with Crippen LogP contribution in [0.3, 0.4) is 0 Å². The van der Waals surface area contributed by atoms with E-state index in [-0.39, 0.29) is 23.2 Å². The third kappa shape index (κ3) is 2.87. The number of rotatable bonds is 5. The van der Waals surface area contributed by atoms with Gasteiger partial charge in [0.25, 0.3) is 0 Å². The minimum absolute atomic E-state index is 0.00510. The van der Waals surface area contributed by atoms with Crippen molar-refractivity contribution in [1.82, 2.24) is 0 Å². The van der Waals surface area contributed by atoms with E-state index in [1.165, 1.54) is 7.11 Å². The second-order valence-electron chi connectivity index (χ2n) is 5.71. The number of esters is 1. The van der Waals surface area contributed by atoms with Gasteiger partial charge in [0.1, 0.15) is 5.75 Å². The molecule has 0 heterocycles. The fraction of sp³-hybridized carbons (Fsp3) is 0.471. The minimum atomic E-state index is -0.114. The number of ether oxygens (including phenoxy) is 2. The Morgan fingerprint density at radius 1 is 1.30 bits per heavy atom. The van der Waals surface area contributed by atoms with Crippen molar-refractivity contribution in [3.63, 3.8) is 0 Å². The SMILES string of the molecule is CCOc1ccc(C=C[C@H]2[C@H](C(=O)OC)C2(C)C)cc1. The van der Waals surface area contributed by atoms with Gasteiger partial charge in [-0.1, -0.05) is 38.1 Å². The van der Waals surface area contributed by atoms with Crippen LogP contribution in [0.2, 0.25) is 0 Å². The molecule has 0 aromatic heterocycles. The Hall–Kier alpha value is -1.77. The van der Waals surface area contributed by atoms with Crippen molar-refractivity contribution in [2.45, 2.75) is 20.8 Å². The molecule has 1 aliphatic carbocycles. The lowest BCUT2D eigenvalue weighted by Crippen LogP contribution is -2.07. The van der Waals surface area contributed by atoms with Crippen LogP contribution in [-0.2, 0) is 9.53 Å². The van der Waals surface area contributed by atoms with E-state index in [2.05, 4.69) is 26.0 Å². The van der Waals surface area contributed by atoms with Crippen LogP contribution in [0.25, 0.3) is 6.08 Å². The number of hydrogen-bond acceptors (Lipinski definition) is 3. The highest BCUT2D eigenvalue weighted by Gasteiger charge is 2.61. The lowest BCUT2D eigenvalue weighted by atomic mass is 10.1. The maximum atomic E-state index is 11.7. The molecule has 108 valence electrons. The second-order valence-corrected chi connectivity index (χ2v) is 5.71. The molecule has 3 nitrogen and oxygen atoms in total. The number of allylic oxidation sites excluding steroid dienone is 1. The van der Waals surface area contributed by atoms with Gasteiger partial charge >= 0.3 is 5.97 Å². The molecule has 0 aliphatic heterocycles. The second kappa shape index (κ2) is 5.70. The van der Waals surface area contributed by atoms with Gasteiger partial charge in [-0.25, -0.2) is 0 Å². The Balaban J connectivity index is 2.01. The molecule has 0 saturated heterocycles. The van der Waals surface area contributed by atoms with Gasteiger partial charge in [-0.15, -0.1) is 0 Å². The lowest BCUT2D eigenvalue weighted by molar-refractivity contribution is -0.143. The molecule has 1 saturated carbocycles. The molecule has 2 atom stereocenters. The fourth-order valence-corrected chi connectivity index (χ4v) is 2.67. The van der Waals surface area contributed by atoms with Crippen molar-refractivity contribution in [2.75, 3.05) is 13.7 Å². The largest absolute Gasteiger partial charge is 0.494 e. The van der Waals surface area contributed by atoms with Crippen LogP contribution < -0.4 is 4.74 Å². The molecule has 2 rings (SSSR count). The van der Waals surface area contributed by atoms with Crippen LogP contribution in [0.15, 0.2) is 30.3 Å². The van der Waals surface area contributed by atoms with Crippen molar-refractivity contribution < 1.29 is 14.3 Å². The average Bonchev–Trinajstić information content (AvgIpc) is 2.99. The molecule has 1 aromatic rings. The number of benzene rings is 1. The zero-order valence-corrected chi connectivity index (χ0v) is 12.6. The van der Waals surface area contributed by atoms with Crippen LogP contribution >= 0.6 is 0 Å². The van der Waals surface area contributed by atoms with E-state index in [4.69, 9.17) is 9.47 Å². The zero-order valence-electron chi connectivity index (χ0n) is 12.6. The molecule has 0 bridgehead atoms. The van der Waals surface area contributed by atoms with Crippen molar-refractivity contribution in [3.8, 4) is 5.75 Å². The molecule has 0 amide bonds. The van der Waals surface area contributed by atoms with Gasteiger partial charge in [-0.05, 0) is 36.0 Å². The Morgan fingerprint density at radius 3 is 2.50 bits per heavy atom. The van der Waals surface area contributed by atoms with E-state index in [0.717, 1.165) is 11.3 Å². The molecule has 0 unspecified atom stereocenters. The van der Waals surface area contributed by atoms with E-state index in [9.17, 15) is 4.79 Å². The predicted octanol–water partition coefficient (Wildman–Crippen LogP) is 3.54. The summed E-state index contributed by atoms with van der Waals surface area (Å²) in [6, 6.07) is 7.95. The van der Waals surface area contributed by atoms with Gasteiger partial charge in [0, 0.05) is 0 Å². The molecule has 1 fully saturated rings. The van der Waals surface area contributed by atoms with E-state index < -0.39 is 0 Å². The van der Waals surface area contributed by atoms with Gasteiger partial charge in [-0.2, -0.15) is 0 Å². The van der Waals surface area contributed by atoms with E-state index >= 15 is 0 Å². The van der Waals surface area contributed by atoms with Gasteiger partial charge in [0.15, 0.2) is 0 Å². The zero-order chi connectivity index (χ0) is 14.8. The summed E-state index contributed by atoms with van der Waals surface area (Å²) >= 11 is 0. The van der Waals surface area contributed by atoms with Crippen molar-refractivity contribution in [1.29, 1.82) is 0 Å². The molecule has 1 aliphatic rings. The summed E-state index contributed by atoms with van der Waals surface area (Å²) < 4.78 is 10.3. The molecular weight excluding hydrogens is 252 g/mol. The molecule has 3 heteroatoms. The summed E-state index contributed by atoms with van der Waals surface area (Å²) in [5.41, 5.74) is 1.11. The summed E-state index contributed by atoms with van der Waals surface area (Å²) in [4.78, 5) is 11.7. The molecular formula is C17H22O3. The maximum Gasteiger partial charge on any atom is 0.309 e. The highest BCUT2D eigenvalue weighted by Crippen LogP contribution is 2.59. The lowest BCUT2D eigenvalue weighted by Gasteiger charge is -2.02. The van der Waals surface area contributed by atoms with Crippen molar-refractivity contribution >= 4 is 12.0 Å². The fourth-order valence-electron chi connectivity index (χ4n) is 2.67. The highest BCUT2D eigenvalue weighted by atomic mass is 16.5. The van der Waals surface area contributed by atoms with Gasteiger partial charge in [-0.3, -0.25) is 4.79 Å². The standard InChI is InChI=1S/C17H22O3/c1-5-20-13-9-6-12(7-10-13)8-11-14-15(16(18)19-4)17(14,2)3/h6-11,14-15H,5H2,1-4H3/t14-,15+/m0/s1. The van der Waals surface area contributed by atoms with Crippen LogP contribution in [0.5, 0.6) is 5.75 Å². The Bertz CT molecular complexity index is 499. The van der Waals surface area contributed by atoms with Crippen molar-refractivity contribution in [2.24, 2.45) is 17.3 Å². The third-order valence-corrected chi connectivity index (χ3v) is 4.05. The van der Waals surface area contributed by atoms with Crippen molar-refractivity contribution in [3.05, 3.63) is 35.9 Å². The van der Waals surface area contributed by atoms with E-state index in [1.807, 2.05) is 31.2 Å². The third-order valence-electron chi connectivity index (χ3n) is 4.05. The van der Waals surface area contributed by atoms with E-state index in [0.29, 0.717) is 6.61 Å². The summed E-state index contributed by atoms with van der Waals surface area (Å²) in [5.74, 6) is 0.994. The maximum absolute atomic E-state index is 11.7. The van der Waals surface area contributed by atoms with Crippen LogP contribution in [0.4, 0.5) is 0 Å². The Morgan fingerprint density at radius 2 is 1.95 bits per heavy atom. The first kappa shape index (κ1) is 14.6. The topological polar surface area (TPSA) is 35.5 Å². The Kier molecular flexibility index (Phi) is 4.17. The average molecular weight is 274 g/mol.